The van der Waals surface area contributed by atoms with Crippen molar-refractivity contribution >= 4 is 5.97 Å². The summed E-state index contributed by atoms with van der Waals surface area (Å²) in [6.45, 7) is 1.89. The minimum Gasteiger partial charge on any atom is -0.508 e. The monoisotopic (exact) mass is 298 g/mol. The van der Waals surface area contributed by atoms with E-state index in [1.54, 1.807) is 6.07 Å². The minimum absolute atomic E-state index is 0.0178. The van der Waals surface area contributed by atoms with Gasteiger partial charge in [-0.2, -0.15) is 0 Å². The Bertz CT molecular complexity index is 648. The van der Waals surface area contributed by atoms with Crippen LogP contribution in [0.25, 0.3) is 0 Å². The first-order valence-corrected chi connectivity index (χ1v) is 8.26. The zero-order valence-electron chi connectivity index (χ0n) is 12.9. The predicted molar refractivity (Wildman–Crippen MR) is 83.4 cm³/mol. The van der Waals surface area contributed by atoms with Gasteiger partial charge in [0, 0.05) is 18.3 Å². The van der Waals surface area contributed by atoms with E-state index >= 15 is 0 Å². The normalized spacial score (nSPS) is 36.0. The number of benzene rings is 1. The molecule has 0 amide bonds. The van der Waals surface area contributed by atoms with Crippen LogP contribution < -0.4 is 0 Å². The number of allylic oxidation sites excluding steroid dienone is 1. The molecule has 116 valence electrons. The van der Waals surface area contributed by atoms with E-state index in [-0.39, 0.29) is 17.5 Å². The van der Waals surface area contributed by atoms with Crippen LogP contribution in [0.2, 0.25) is 0 Å². The molecule has 1 aliphatic heterocycles. The number of aromatic hydroxyl groups is 1. The Hall–Kier alpha value is -1.77. The molecular formula is C19H22O3. The van der Waals surface area contributed by atoms with Crippen molar-refractivity contribution in [1.82, 2.24) is 0 Å². The van der Waals surface area contributed by atoms with Gasteiger partial charge in [0.15, 0.2) is 0 Å². The molecule has 0 unspecified atom stereocenters. The van der Waals surface area contributed by atoms with Gasteiger partial charge in [0.25, 0.3) is 0 Å². The number of esters is 1. The summed E-state index contributed by atoms with van der Waals surface area (Å²) in [5.74, 6) is 1.13. The van der Waals surface area contributed by atoms with E-state index in [1.165, 1.54) is 6.42 Å². The Morgan fingerprint density at radius 3 is 3.00 bits per heavy atom. The Balaban J connectivity index is 1.61. The summed E-state index contributed by atoms with van der Waals surface area (Å²) >= 11 is 0. The molecule has 0 aromatic heterocycles. The van der Waals surface area contributed by atoms with Crippen LogP contribution in [0.15, 0.2) is 30.4 Å². The van der Waals surface area contributed by atoms with Gasteiger partial charge in [-0.3, -0.25) is 4.79 Å². The summed E-state index contributed by atoms with van der Waals surface area (Å²) in [5.41, 5.74) is 1.76. The summed E-state index contributed by atoms with van der Waals surface area (Å²) in [4.78, 5) is 12.5. The Morgan fingerprint density at radius 2 is 2.18 bits per heavy atom. The third kappa shape index (κ3) is 1.91. The molecule has 3 heteroatoms. The van der Waals surface area contributed by atoms with Crippen molar-refractivity contribution in [2.75, 3.05) is 0 Å². The van der Waals surface area contributed by atoms with Gasteiger partial charge in [-0.1, -0.05) is 24.3 Å². The third-order valence-corrected chi connectivity index (χ3v) is 5.96. The molecule has 1 spiro atoms. The fourth-order valence-electron chi connectivity index (χ4n) is 4.83. The van der Waals surface area contributed by atoms with Gasteiger partial charge in [0.05, 0.1) is 5.92 Å². The van der Waals surface area contributed by atoms with Crippen molar-refractivity contribution < 1.29 is 14.6 Å². The van der Waals surface area contributed by atoms with Crippen LogP contribution in [0.4, 0.5) is 0 Å². The molecule has 0 radical (unpaired) electrons. The lowest BCUT2D eigenvalue weighted by Crippen LogP contribution is -2.40. The van der Waals surface area contributed by atoms with Gasteiger partial charge >= 0.3 is 5.97 Å². The summed E-state index contributed by atoms with van der Waals surface area (Å²) in [6.07, 6.45) is 9.36. The summed E-state index contributed by atoms with van der Waals surface area (Å²) in [6, 6.07) is 5.64. The topological polar surface area (TPSA) is 46.5 Å². The van der Waals surface area contributed by atoms with Crippen LogP contribution in [0.5, 0.6) is 5.75 Å². The van der Waals surface area contributed by atoms with Crippen molar-refractivity contribution in [2.24, 2.45) is 17.8 Å². The second kappa shape index (κ2) is 4.87. The maximum Gasteiger partial charge on any atom is 0.310 e. The highest BCUT2D eigenvalue weighted by molar-refractivity contribution is 5.77. The van der Waals surface area contributed by atoms with Gasteiger partial charge in [-0.05, 0) is 49.8 Å². The van der Waals surface area contributed by atoms with Gasteiger partial charge in [0.2, 0.25) is 0 Å². The molecule has 1 saturated carbocycles. The van der Waals surface area contributed by atoms with E-state index in [9.17, 15) is 9.90 Å². The van der Waals surface area contributed by atoms with Gasteiger partial charge in [-0.15, -0.1) is 0 Å². The maximum absolute atomic E-state index is 12.5. The second-order valence-electron chi connectivity index (χ2n) is 7.10. The van der Waals surface area contributed by atoms with Crippen molar-refractivity contribution in [3.05, 3.63) is 41.5 Å². The standard InChI is InChI=1S/C19H22O3/c1-12-10-13(5-8-17(12)20)11-15-16-7-6-14-4-2-3-9-19(14,16)22-18(15)21/h2-3,5,8,10,14-16,20H,4,6-7,9,11H2,1H3/t14-,15+,16-,19-/m0/s1. The lowest BCUT2D eigenvalue weighted by atomic mass is 9.73. The first-order valence-electron chi connectivity index (χ1n) is 8.26. The number of hydrogen-bond donors (Lipinski definition) is 1. The molecule has 4 atom stereocenters. The average molecular weight is 298 g/mol. The van der Waals surface area contributed by atoms with Crippen molar-refractivity contribution in [3.8, 4) is 5.75 Å². The number of hydrogen-bond acceptors (Lipinski definition) is 3. The molecule has 3 nitrogen and oxygen atoms in total. The van der Waals surface area contributed by atoms with Gasteiger partial charge in [-0.25, -0.2) is 0 Å². The molecule has 3 aliphatic rings. The Morgan fingerprint density at radius 1 is 1.32 bits per heavy atom. The van der Waals surface area contributed by atoms with E-state index < -0.39 is 0 Å². The zero-order chi connectivity index (χ0) is 15.3. The Labute approximate surface area is 131 Å². The van der Waals surface area contributed by atoms with Crippen molar-refractivity contribution in [3.63, 3.8) is 0 Å². The maximum atomic E-state index is 12.5. The largest absolute Gasteiger partial charge is 0.508 e. The smallest absolute Gasteiger partial charge is 0.310 e. The molecule has 1 N–H and O–H groups in total. The molecule has 4 rings (SSSR count). The summed E-state index contributed by atoms with van der Waals surface area (Å²) in [5, 5.41) is 9.66. The SMILES string of the molecule is Cc1cc(C[C@H]2C(=O)O[C@@]34CC=CC[C@H]3CC[C@@H]24)ccc1O. The average Bonchev–Trinajstić information content (AvgIpc) is 2.97. The van der Waals surface area contributed by atoms with Gasteiger partial charge in [0.1, 0.15) is 11.4 Å². The number of phenols is 1. The van der Waals surface area contributed by atoms with Crippen molar-refractivity contribution in [2.45, 2.75) is 44.6 Å². The summed E-state index contributed by atoms with van der Waals surface area (Å²) < 4.78 is 5.98. The highest BCUT2D eigenvalue weighted by Gasteiger charge is 2.61. The molecule has 2 fully saturated rings. The quantitative estimate of drug-likeness (QED) is 0.671. The Kier molecular flexibility index (Phi) is 3.07. The van der Waals surface area contributed by atoms with E-state index in [2.05, 4.69) is 12.2 Å². The number of rotatable bonds is 2. The van der Waals surface area contributed by atoms with E-state index in [0.29, 0.717) is 17.6 Å². The number of aryl methyl sites for hydroxylation is 1. The van der Waals surface area contributed by atoms with Crippen LogP contribution in [0.3, 0.4) is 0 Å². The molecule has 1 aromatic carbocycles. The number of phenolic OH excluding ortho intramolecular Hbond substituents is 1. The van der Waals surface area contributed by atoms with E-state index in [0.717, 1.165) is 36.8 Å². The predicted octanol–water partition coefficient (Wildman–Crippen LogP) is 3.53. The fraction of sp³-hybridized carbons (Fsp3) is 0.526. The van der Waals surface area contributed by atoms with Crippen LogP contribution >= 0.6 is 0 Å². The first-order chi connectivity index (χ1) is 10.6. The third-order valence-electron chi connectivity index (χ3n) is 5.96. The molecule has 1 aromatic rings. The highest BCUT2D eigenvalue weighted by Crippen LogP contribution is 2.57. The van der Waals surface area contributed by atoms with Crippen LogP contribution in [-0.2, 0) is 16.0 Å². The molecular weight excluding hydrogens is 276 g/mol. The van der Waals surface area contributed by atoms with Crippen LogP contribution in [0, 0.1) is 24.7 Å². The first kappa shape index (κ1) is 13.9. The van der Waals surface area contributed by atoms with E-state index in [1.807, 2.05) is 19.1 Å². The van der Waals surface area contributed by atoms with Crippen LogP contribution in [-0.4, -0.2) is 16.7 Å². The molecule has 1 heterocycles. The van der Waals surface area contributed by atoms with Crippen molar-refractivity contribution in [1.29, 1.82) is 0 Å². The second-order valence-corrected chi connectivity index (χ2v) is 7.10. The zero-order valence-corrected chi connectivity index (χ0v) is 12.9. The molecule has 1 saturated heterocycles. The highest BCUT2D eigenvalue weighted by atomic mass is 16.6. The molecule has 2 aliphatic carbocycles. The summed E-state index contributed by atoms with van der Waals surface area (Å²) in [7, 11) is 0. The van der Waals surface area contributed by atoms with Gasteiger partial charge < -0.3 is 9.84 Å². The number of carbonyl (C=O) groups is 1. The lowest BCUT2D eigenvalue weighted by molar-refractivity contribution is -0.154. The van der Waals surface area contributed by atoms with Crippen LogP contribution in [0.1, 0.15) is 36.8 Å². The fourth-order valence-corrected chi connectivity index (χ4v) is 4.83. The number of carbonyl (C=O) groups excluding carboxylic acids is 1. The lowest BCUT2D eigenvalue weighted by Gasteiger charge is -2.35. The number of ether oxygens (including phenoxy) is 1. The van der Waals surface area contributed by atoms with E-state index in [4.69, 9.17) is 4.74 Å². The minimum atomic E-state index is -0.220. The molecule has 0 bridgehead atoms. The molecule has 22 heavy (non-hydrogen) atoms.